The summed E-state index contributed by atoms with van der Waals surface area (Å²) in [6.07, 6.45) is 4.34. The van der Waals surface area contributed by atoms with Crippen LogP contribution in [0.2, 0.25) is 19.6 Å². The molecule has 0 saturated heterocycles. The van der Waals surface area contributed by atoms with Crippen LogP contribution in [-0.4, -0.2) is 20.6 Å². The van der Waals surface area contributed by atoms with Crippen LogP contribution < -0.4 is 18.9 Å². The van der Waals surface area contributed by atoms with Gasteiger partial charge >= 0.3 is 18.9 Å². The molecule has 0 spiro atoms. The summed E-state index contributed by atoms with van der Waals surface area (Å²) >= 11 is 3.84. The van der Waals surface area contributed by atoms with Crippen LogP contribution in [0.15, 0.2) is 0 Å². The maximum atomic E-state index is 2.38. The molecule has 0 aliphatic rings. The van der Waals surface area contributed by atoms with E-state index in [1.165, 1.54) is 0 Å². The van der Waals surface area contributed by atoms with Crippen molar-refractivity contribution in [1.29, 1.82) is 0 Å². The van der Waals surface area contributed by atoms with Crippen LogP contribution >= 0.6 is 23.5 Å². The topological polar surface area (TPSA) is 0 Å². The molecule has 0 amide bonds. The van der Waals surface area contributed by atoms with Crippen molar-refractivity contribution >= 4 is 31.6 Å². The van der Waals surface area contributed by atoms with Gasteiger partial charge in [0.25, 0.3) is 0 Å². The van der Waals surface area contributed by atoms with E-state index in [4.69, 9.17) is 0 Å². The van der Waals surface area contributed by atoms with Crippen LogP contribution in [0.25, 0.3) is 0 Å². The molecule has 0 aliphatic heterocycles. The third-order valence-electron chi connectivity index (χ3n) is 0.983. The molecule has 0 aliphatic carbocycles. The van der Waals surface area contributed by atoms with Crippen molar-refractivity contribution < 1.29 is 18.9 Å². The van der Waals surface area contributed by atoms with Crippen LogP contribution in [0, 0.1) is 4.21 Å². The fraction of sp³-hybridized carbons (Fsp3) is 0.833. The summed E-state index contributed by atoms with van der Waals surface area (Å²) < 4.78 is 1.64. The standard InChI is InChI=1S/C6H15S2Si.Li/c1-7-6(8-2)9(3,4)5;/h1-5H3;/q-1;+1. The van der Waals surface area contributed by atoms with E-state index in [-0.39, 0.29) is 18.9 Å². The Kier molecular flexibility index (Phi) is 8.55. The summed E-state index contributed by atoms with van der Waals surface area (Å²) in [5, 5.41) is 0. The fourth-order valence-corrected chi connectivity index (χ4v) is 6.26. The Morgan fingerprint density at radius 3 is 1.30 bits per heavy atom. The zero-order valence-electron chi connectivity index (χ0n) is 7.82. The van der Waals surface area contributed by atoms with E-state index in [2.05, 4.69) is 32.2 Å². The van der Waals surface area contributed by atoms with Gasteiger partial charge in [0.15, 0.2) is 0 Å². The average Bonchev–Trinajstić information content (AvgIpc) is 1.65. The zero-order valence-corrected chi connectivity index (χ0v) is 10.4. The first-order valence-electron chi connectivity index (χ1n) is 2.97. The van der Waals surface area contributed by atoms with Gasteiger partial charge < -0.3 is 23.5 Å². The zero-order chi connectivity index (χ0) is 7.49. The van der Waals surface area contributed by atoms with Crippen LogP contribution in [0.3, 0.4) is 0 Å². The molecule has 0 fully saturated rings. The maximum Gasteiger partial charge on any atom is 1.00 e. The van der Waals surface area contributed by atoms with Gasteiger partial charge in [0.2, 0.25) is 0 Å². The molecule has 0 bridgehead atoms. The molecule has 0 aromatic carbocycles. The molecule has 0 aromatic heterocycles. The number of thioether (sulfide) groups is 2. The van der Waals surface area contributed by atoms with Crippen LogP contribution in [-0.2, 0) is 0 Å². The molecule has 0 atom stereocenters. The third kappa shape index (κ3) is 5.20. The summed E-state index contributed by atoms with van der Waals surface area (Å²) in [5.41, 5.74) is 0. The number of rotatable bonds is 3. The molecule has 0 rings (SSSR count). The molecule has 0 nitrogen and oxygen atoms in total. The van der Waals surface area contributed by atoms with Gasteiger partial charge in [0, 0.05) is 0 Å². The molecule has 0 radical (unpaired) electrons. The predicted octanol–water partition coefficient (Wildman–Crippen LogP) is 0.0833. The van der Waals surface area contributed by atoms with Crippen molar-refractivity contribution in [3.05, 3.63) is 4.21 Å². The van der Waals surface area contributed by atoms with Crippen LogP contribution in [0.5, 0.6) is 0 Å². The van der Waals surface area contributed by atoms with E-state index in [1.807, 2.05) is 23.5 Å². The molecule has 56 valence electrons. The smallest absolute Gasteiger partial charge is 0.342 e. The van der Waals surface area contributed by atoms with Crippen LogP contribution in [0.4, 0.5) is 0 Å². The molecule has 4 heteroatoms. The Morgan fingerprint density at radius 2 is 1.30 bits per heavy atom. The Balaban J connectivity index is 0. The minimum Gasteiger partial charge on any atom is -0.342 e. The SMILES string of the molecule is CS[C-](SC)[Si](C)(C)C.[Li+]. The Morgan fingerprint density at radius 1 is 1.00 bits per heavy atom. The van der Waals surface area contributed by atoms with E-state index in [0.717, 1.165) is 0 Å². The van der Waals surface area contributed by atoms with Gasteiger partial charge in [-0.1, -0.05) is 27.7 Å². The van der Waals surface area contributed by atoms with Gasteiger partial charge in [-0.25, -0.2) is 4.21 Å². The monoisotopic (exact) mass is 186 g/mol. The minimum atomic E-state index is -0.944. The average molecular weight is 186 g/mol. The van der Waals surface area contributed by atoms with Gasteiger partial charge in [-0.15, -0.1) is 0 Å². The van der Waals surface area contributed by atoms with E-state index in [1.54, 1.807) is 4.21 Å². The molecular weight excluding hydrogens is 171 g/mol. The van der Waals surface area contributed by atoms with E-state index >= 15 is 0 Å². The van der Waals surface area contributed by atoms with E-state index < -0.39 is 8.07 Å². The van der Waals surface area contributed by atoms with Gasteiger partial charge in [-0.3, -0.25) is 0 Å². The molecule has 0 heterocycles. The van der Waals surface area contributed by atoms with E-state index in [9.17, 15) is 0 Å². The molecule has 0 N–H and O–H groups in total. The van der Waals surface area contributed by atoms with E-state index in [0.29, 0.717) is 0 Å². The van der Waals surface area contributed by atoms with Gasteiger partial charge in [0.05, 0.1) is 0 Å². The second-order valence-corrected chi connectivity index (χ2v) is 10.6. The first kappa shape index (κ1) is 14.1. The van der Waals surface area contributed by atoms with Gasteiger partial charge in [0.1, 0.15) is 0 Å². The Hall–Kier alpha value is 1.51. The van der Waals surface area contributed by atoms with Crippen molar-refractivity contribution in [1.82, 2.24) is 0 Å². The summed E-state index contributed by atoms with van der Waals surface area (Å²) in [6.45, 7) is 7.15. The fourth-order valence-electron chi connectivity index (χ4n) is 0.696. The Bertz CT molecular complexity index is 78.3. The molecule has 10 heavy (non-hydrogen) atoms. The van der Waals surface area contributed by atoms with Crippen LogP contribution in [0.1, 0.15) is 0 Å². The second kappa shape index (κ2) is 6.08. The summed E-state index contributed by atoms with van der Waals surface area (Å²) in [5.74, 6) is 0. The molecule has 0 unspecified atom stereocenters. The summed E-state index contributed by atoms with van der Waals surface area (Å²) in [6, 6.07) is 0. The first-order valence-corrected chi connectivity index (χ1v) is 8.92. The number of hydrogen-bond donors (Lipinski definition) is 0. The van der Waals surface area contributed by atoms with Gasteiger partial charge in [-0.2, -0.15) is 0 Å². The summed E-state index contributed by atoms with van der Waals surface area (Å²) in [4.78, 5) is 0. The Labute approximate surface area is 86.5 Å². The minimum absolute atomic E-state index is 0. The summed E-state index contributed by atoms with van der Waals surface area (Å²) in [7, 11) is -0.944. The predicted molar refractivity (Wildman–Crippen MR) is 53.6 cm³/mol. The van der Waals surface area contributed by atoms with Crippen molar-refractivity contribution in [2.45, 2.75) is 19.6 Å². The normalized spacial score (nSPS) is 11.4. The van der Waals surface area contributed by atoms with Crippen molar-refractivity contribution in [3.63, 3.8) is 0 Å². The molecule has 0 aromatic rings. The molecular formula is C6H15LiS2Si. The third-order valence-corrected chi connectivity index (χ3v) is 8.85. The largest absolute Gasteiger partial charge is 1.00 e. The maximum absolute atomic E-state index is 2.38. The van der Waals surface area contributed by atoms with Gasteiger partial charge in [-0.05, 0) is 12.5 Å². The van der Waals surface area contributed by atoms with Crippen molar-refractivity contribution in [2.24, 2.45) is 0 Å². The second-order valence-electron chi connectivity index (χ2n) is 2.95. The first-order chi connectivity index (χ1) is 4.02. The van der Waals surface area contributed by atoms with Crippen molar-refractivity contribution in [3.8, 4) is 0 Å². The number of hydrogen-bond acceptors (Lipinski definition) is 2. The quantitative estimate of drug-likeness (QED) is 0.452. The van der Waals surface area contributed by atoms with Crippen molar-refractivity contribution in [2.75, 3.05) is 12.5 Å². The molecule has 0 saturated carbocycles.